The SMILES string of the molecule is O=C(Cn1c(=O)[nH]c2ccccc2c1=O)Nc1cccc(Cl)c1. The maximum atomic E-state index is 12.3. The van der Waals surface area contributed by atoms with E-state index in [0.717, 1.165) is 4.57 Å². The Hall–Kier alpha value is -2.86. The molecule has 116 valence electrons. The first-order valence-corrected chi connectivity index (χ1v) is 7.20. The standard InChI is InChI=1S/C16H12ClN3O3/c17-10-4-3-5-11(8-10)18-14(21)9-20-15(22)12-6-1-2-7-13(12)19-16(20)23/h1-8H,9H2,(H,18,21)(H,19,23). The van der Waals surface area contributed by atoms with Gasteiger partial charge in [0.2, 0.25) is 5.91 Å². The maximum absolute atomic E-state index is 12.3. The van der Waals surface area contributed by atoms with Crippen molar-refractivity contribution in [2.75, 3.05) is 5.32 Å². The van der Waals surface area contributed by atoms with Gasteiger partial charge in [0.05, 0.1) is 10.9 Å². The maximum Gasteiger partial charge on any atom is 0.329 e. The first-order chi connectivity index (χ1) is 11.0. The van der Waals surface area contributed by atoms with Gasteiger partial charge in [-0.05, 0) is 30.3 Å². The van der Waals surface area contributed by atoms with Crippen LogP contribution in [0.1, 0.15) is 0 Å². The van der Waals surface area contributed by atoms with Crippen molar-refractivity contribution in [1.82, 2.24) is 9.55 Å². The molecule has 1 heterocycles. The fourth-order valence-corrected chi connectivity index (χ4v) is 2.44. The summed E-state index contributed by atoms with van der Waals surface area (Å²) in [6.07, 6.45) is 0. The quantitative estimate of drug-likeness (QED) is 0.770. The van der Waals surface area contributed by atoms with Crippen molar-refractivity contribution >= 4 is 34.1 Å². The number of rotatable bonds is 3. The van der Waals surface area contributed by atoms with E-state index >= 15 is 0 Å². The minimum absolute atomic E-state index is 0.350. The van der Waals surface area contributed by atoms with Gasteiger partial charge >= 0.3 is 5.69 Å². The predicted molar refractivity (Wildman–Crippen MR) is 88.9 cm³/mol. The number of benzene rings is 2. The molecule has 0 aliphatic rings. The highest BCUT2D eigenvalue weighted by molar-refractivity contribution is 6.30. The van der Waals surface area contributed by atoms with Crippen LogP contribution in [0.15, 0.2) is 58.1 Å². The number of aromatic nitrogens is 2. The lowest BCUT2D eigenvalue weighted by molar-refractivity contribution is -0.116. The molecule has 0 fully saturated rings. The molecule has 1 amide bonds. The summed E-state index contributed by atoms with van der Waals surface area (Å²) < 4.78 is 0.863. The molecule has 0 aliphatic heterocycles. The van der Waals surface area contributed by atoms with Gasteiger partial charge in [0.1, 0.15) is 6.54 Å². The van der Waals surface area contributed by atoms with Crippen molar-refractivity contribution in [2.45, 2.75) is 6.54 Å². The van der Waals surface area contributed by atoms with Gasteiger partial charge in [0.25, 0.3) is 5.56 Å². The second-order valence-electron chi connectivity index (χ2n) is 4.93. The zero-order valence-electron chi connectivity index (χ0n) is 11.9. The Morgan fingerprint density at radius 3 is 2.70 bits per heavy atom. The number of anilines is 1. The van der Waals surface area contributed by atoms with Crippen LogP contribution in [0, 0.1) is 0 Å². The van der Waals surface area contributed by atoms with E-state index < -0.39 is 17.2 Å². The third-order valence-corrected chi connectivity index (χ3v) is 3.53. The average Bonchev–Trinajstić information content (AvgIpc) is 2.51. The van der Waals surface area contributed by atoms with Gasteiger partial charge in [-0.3, -0.25) is 14.2 Å². The topological polar surface area (TPSA) is 84.0 Å². The number of hydrogen-bond acceptors (Lipinski definition) is 3. The summed E-state index contributed by atoms with van der Waals surface area (Å²) in [5.74, 6) is -0.491. The molecule has 2 aromatic carbocycles. The summed E-state index contributed by atoms with van der Waals surface area (Å²) in [5.41, 5.74) is -0.206. The van der Waals surface area contributed by atoms with E-state index in [2.05, 4.69) is 10.3 Å². The van der Waals surface area contributed by atoms with Crippen molar-refractivity contribution in [3.8, 4) is 0 Å². The van der Waals surface area contributed by atoms with Gasteiger partial charge in [0.15, 0.2) is 0 Å². The highest BCUT2D eigenvalue weighted by Crippen LogP contribution is 2.14. The molecule has 0 saturated carbocycles. The van der Waals surface area contributed by atoms with Gasteiger partial charge < -0.3 is 10.3 Å². The Morgan fingerprint density at radius 2 is 1.91 bits per heavy atom. The van der Waals surface area contributed by atoms with E-state index in [9.17, 15) is 14.4 Å². The number of carbonyl (C=O) groups excluding carboxylic acids is 1. The molecule has 1 aromatic heterocycles. The molecule has 23 heavy (non-hydrogen) atoms. The number of H-pyrrole nitrogens is 1. The summed E-state index contributed by atoms with van der Waals surface area (Å²) in [7, 11) is 0. The number of halogens is 1. The Kier molecular flexibility index (Phi) is 3.99. The zero-order valence-corrected chi connectivity index (χ0v) is 12.6. The van der Waals surface area contributed by atoms with E-state index in [-0.39, 0.29) is 6.54 Å². The van der Waals surface area contributed by atoms with Crippen molar-refractivity contribution in [1.29, 1.82) is 0 Å². The van der Waals surface area contributed by atoms with E-state index in [1.54, 1.807) is 48.5 Å². The largest absolute Gasteiger partial charge is 0.329 e. The number of nitrogens with zero attached hydrogens (tertiary/aromatic N) is 1. The number of amides is 1. The molecule has 7 heteroatoms. The lowest BCUT2D eigenvalue weighted by Gasteiger charge is -2.08. The van der Waals surface area contributed by atoms with Crippen LogP contribution < -0.4 is 16.6 Å². The van der Waals surface area contributed by atoms with E-state index in [4.69, 9.17) is 11.6 Å². The number of aromatic amines is 1. The number of para-hydroxylation sites is 1. The minimum atomic E-state index is -0.630. The fraction of sp³-hybridized carbons (Fsp3) is 0.0625. The minimum Gasteiger partial charge on any atom is -0.324 e. The number of carbonyl (C=O) groups is 1. The van der Waals surface area contributed by atoms with Crippen molar-refractivity contribution in [2.24, 2.45) is 0 Å². The van der Waals surface area contributed by atoms with Crippen LogP contribution >= 0.6 is 11.6 Å². The first-order valence-electron chi connectivity index (χ1n) is 6.82. The Bertz CT molecular complexity index is 1010. The highest BCUT2D eigenvalue weighted by atomic mass is 35.5. The predicted octanol–water partition coefficient (Wildman–Crippen LogP) is 1.98. The molecule has 0 atom stereocenters. The molecular formula is C16H12ClN3O3. The van der Waals surface area contributed by atoms with Gasteiger partial charge in [-0.2, -0.15) is 0 Å². The fourth-order valence-electron chi connectivity index (χ4n) is 2.25. The van der Waals surface area contributed by atoms with Crippen molar-refractivity contribution in [3.63, 3.8) is 0 Å². The molecule has 2 N–H and O–H groups in total. The van der Waals surface area contributed by atoms with Crippen LogP contribution in [0.5, 0.6) is 0 Å². The van der Waals surface area contributed by atoms with Crippen molar-refractivity contribution < 1.29 is 4.79 Å². The molecule has 0 bridgehead atoms. The van der Waals surface area contributed by atoms with Gasteiger partial charge in [-0.1, -0.05) is 29.8 Å². The zero-order chi connectivity index (χ0) is 16.4. The van der Waals surface area contributed by atoms with Crippen molar-refractivity contribution in [3.05, 3.63) is 74.4 Å². The molecule has 3 rings (SSSR count). The van der Waals surface area contributed by atoms with Crippen LogP contribution in [0.4, 0.5) is 5.69 Å². The number of nitrogens with one attached hydrogen (secondary N) is 2. The second-order valence-corrected chi connectivity index (χ2v) is 5.36. The normalized spacial score (nSPS) is 10.7. The Morgan fingerprint density at radius 1 is 1.13 bits per heavy atom. The van der Waals surface area contributed by atoms with E-state index in [1.165, 1.54) is 0 Å². The molecule has 0 radical (unpaired) electrons. The summed E-state index contributed by atoms with van der Waals surface area (Å²) in [6, 6.07) is 13.2. The molecule has 0 unspecified atom stereocenters. The lowest BCUT2D eigenvalue weighted by Crippen LogP contribution is -2.38. The van der Waals surface area contributed by atoms with Gasteiger partial charge in [-0.25, -0.2) is 4.79 Å². The van der Waals surface area contributed by atoms with E-state index in [1.807, 2.05) is 0 Å². The van der Waals surface area contributed by atoms with Crippen LogP contribution in [0.2, 0.25) is 5.02 Å². The molecule has 6 nitrogen and oxygen atoms in total. The second kappa shape index (κ2) is 6.10. The van der Waals surface area contributed by atoms with Crippen LogP contribution in [0.25, 0.3) is 10.9 Å². The summed E-state index contributed by atoms with van der Waals surface area (Å²) in [4.78, 5) is 39.0. The molecule has 0 saturated heterocycles. The molecular weight excluding hydrogens is 318 g/mol. The summed E-state index contributed by atoms with van der Waals surface area (Å²) >= 11 is 5.84. The third-order valence-electron chi connectivity index (χ3n) is 3.30. The first kappa shape index (κ1) is 15.1. The molecule has 0 spiro atoms. The number of hydrogen-bond donors (Lipinski definition) is 2. The van der Waals surface area contributed by atoms with Gasteiger partial charge in [0, 0.05) is 10.7 Å². The number of fused-ring (bicyclic) bond motifs is 1. The highest BCUT2D eigenvalue weighted by Gasteiger charge is 2.11. The third kappa shape index (κ3) is 3.17. The van der Waals surface area contributed by atoms with Crippen LogP contribution in [-0.2, 0) is 11.3 Å². The Labute approximate surface area is 135 Å². The smallest absolute Gasteiger partial charge is 0.324 e. The van der Waals surface area contributed by atoms with Gasteiger partial charge in [-0.15, -0.1) is 0 Å². The van der Waals surface area contributed by atoms with Crippen LogP contribution in [-0.4, -0.2) is 15.5 Å². The summed E-state index contributed by atoms with van der Waals surface area (Å²) in [5, 5.41) is 3.42. The molecule has 3 aromatic rings. The molecule has 0 aliphatic carbocycles. The van der Waals surface area contributed by atoms with E-state index in [0.29, 0.717) is 21.6 Å². The average molecular weight is 330 g/mol. The monoisotopic (exact) mass is 329 g/mol. The van der Waals surface area contributed by atoms with Crippen LogP contribution in [0.3, 0.4) is 0 Å². The lowest BCUT2D eigenvalue weighted by atomic mass is 10.2. The summed E-state index contributed by atoms with van der Waals surface area (Å²) in [6.45, 7) is -0.383. The Balaban J connectivity index is 1.91.